The molecule has 0 spiro atoms. The second-order valence-electron chi connectivity index (χ2n) is 2.88. The van der Waals surface area contributed by atoms with Crippen LogP contribution in [-0.2, 0) is 0 Å². The average molecular weight is 125 g/mol. The summed E-state index contributed by atoms with van der Waals surface area (Å²) in [6, 6.07) is 0. The summed E-state index contributed by atoms with van der Waals surface area (Å²) in [5.74, 6) is 0. The number of hydrogen-bond donors (Lipinski definition) is 1. The fourth-order valence-electron chi connectivity index (χ4n) is 1.44. The summed E-state index contributed by atoms with van der Waals surface area (Å²) in [6.45, 7) is 3.74. The van der Waals surface area contributed by atoms with Crippen LogP contribution in [0, 0.1) is 0 Å². The molecule has 0 bridgehead atoms. The van der Waals surface area contributed by atoms with Crippen LogP contribution < -0.4 is 5.32 Å². The Morgan fingerprint density at radius 3 is 2.44 bits per heavy atom. The van der Waals surface area contributed by atoms with E-state index in [1.165, 1.54) is 19.3 Å². The van der Waals surface area contributed by atoms with Gasteiger partial charge in [0, 0.05) is 5.54 Å². The molecule has 9 heavy (non-hydrogen) atoms. The van der Waals surface area contributed by atoms with Gasteiger partial charge in [-0.15, -0.1) is 6.58 Å². The molecule has 0 unspecified atom stereocenters. The topological polar surface area (TPSA) is 12.0 Å². The van der Waals surface area contributed by atoms with E-state index in [0.717, 1.165) is 6.42 Å². The van der Waals surface area contributed by atoms with E-state index in [4.69, 9.17) is 0 Å². The van der Waals surface area contributed by atoms with E-state index in [-0.39, 0.29) is 0 Å². The molecule has 1 N–H and O–H groups in total. The zero-order chi connectivity index (χ0) is 6.74. The number of rotatable bonds is 3. The largest absolute Gasteiger partial charge is 0.314 e. The van der Waals surface area contributed by atoms with Crippen LogP contribution in [0.3, 0.4) is 0 Å². The molecule has 1 aliphatic rings. The molecule has 0 aromatic rings. The molecule has 0 aromatic heterocycles. The Hall–Kier alpha value is -0.300. The fourth-order valence-corrected chi connectivity index (χ4v) is 1.44. The highest BCUT2D eigenvalue weighted by atomic mass is 15.0. The summed E-state index contributed by atoms with van der Waals surface area (Å²) in [6.07, 6.45) is 7.18. The van der Waals surface area contributed by atoms with Crippen LogP contribution in [-0.4, -0.2) is 12.6 Å². The first-order valence-corrected chi connectivity index (χ1v) is 3.63. The molecule has 0 atom stereocenters. The standard InChI is InChI=1S/C8H15N/c1-3-5-8(9-2)6-4-7-8/h3,9H,1,4-7H2,2H3. The van der Waals surface area contributed by atoms with Crippen LogP contribution in [0.25, 0.3) is 0 Å². The van der Waals surface area contributed by atoms with Gasteiger partial charge in [-0.05, 0) is 32.7 Å². The molecule has 1 rings (SSSR count). The first-order valence-electron chi connectivity index (χ1n) is 3.63. The number of hydrogen-bond acceptors (Lipinski definition) is 1. The van der Waals surface area contributed by atoms with Crippen molar-refractivity contribution < 1.29 is 0 Å². The van der Waals surface area contributed by atoms with Crippen molar-refractivity contribution in [1.29, 1.82) is 0 Å². The highest BCUT2D eigenvalue weighted by Gasteiger charge is 2.33. The van der Waals surface area contributed by atoms with E-state index < -0.39 is 0 Å². The molecule has 0 amide bonds. The molecule has 1 fully saturated rings. The second-order valence-corrected chi connectivity index (χ2v) is 2.88. The van der Waals surface area contributed by atoms with E-state index in [2.05, 4.69) is 11.9 Å². The van der Waals surface area contributed by atoms with Crippen molar-refractivity contribution >= 4 is 0 Å². The molecular formula is C8H15N. The molecular weight excluding hydrogens is 110 g/mol. The predicted molar refractivity (Wildman–Crippen MR) is 40.5 cm³/mol. The number of nitrogens with one attached hydrogen (secondary N) is 1. The molecule has 0 saturated heterocycles. The second kappa shape index (κ2) is 2.53. The van der Waals surface area contributed by atoms with Crippen molar-refractivity contribution in [3.8, 4) is 0 Å². The van der Waals surface area contributed by atoms with Gasteiger partial charge in [0.2, 0.25) is 0 Å². The summed E-state index contributed by atoms with van der Waals surface area (Å²) in [7, 11) is 2.04. The maximum absolute atomic E-state index is 3.74. The fraction of sp³-hybridized carbons (Fsp3) is 0.750. The van der Waals surface area contributed by atoms with Crippen LogP contribution in [0.2, 0.25) is 0 Å². The van der Waals surface area contributed by atoms with Gasteiger partial charge in [0.15, 0.2) is 0 Å². The summed E-state index contributed by atoms with van der Waals surface area (Å²) in [4.78, 5) is 0. The lowest BCUT2D eigenvalue weighted by Crippen LogP contribution is -2.48. The highest BCUT2D eigenvalue weighted by molar-refractivity contribution is 4.99. The lowest BCUT2D eigenvalue weighted by Gasteiger charge is -2.41. The lowest BCUT2D eigenvalue weighted by atomic mass is 9.74. The normalized spacial score (nSPS) is 22.8. The maximum Gasteiger partial charge on any atom is 0.0212 e. The lowest BCUT2D eigenvalue weighted by molar-refractivity contribution is 0.202. The van der Waals surface area contributed by atoms with Gasteiger partial charge in [-0.2, -0.15) is 0 Å². The Kier molecular flexibility index (Phi) is 1.91. The molecule has 52 valence electrons. The minimum atomic E-state index is 0.446. The summed E-state index contributed by atoms with van der Waals surface area (Å²) in [5, 5.41) is 3.34. The predicted octanol–water partition coefficient (Wildman–Crippen LogP) is 1.70. The average Bonchev–Trinajstić information content (AvgIpc) is 1.79. The quantitative estimate of drug-likeness (QED) is 0.566. The molecule has 0 radical (unpaired) electrons. The van der Waals surface area contributed by atoms with Crippen molar-refractivity contribution in [3.05, 3.63) is 12.7 Å². The Morgan fingerprint density at radius 1 is 1.67 bits per heavy atom. The Labute approximate surface area is 57.1 Å². The summed E-state index contributed by atoms with van der Waals surface area (Å²) < 4.78 is 0. The first-order chi connectivity index (χ1) is 4.33. The summed E-state index contributed by atoms with van der Waals surface area (Å²) >= 11 is 0. The van der Waals surface area contributed by atoms with E-state index in [1.807, 2.05) is 13.1 Å². The molecule has 0 heterocycles. The van der Waals surface area contributed by atoms with Gasteiger partial charge >= 0.3 is 0 Å². The Balaban J connectivity index is 2.36. The molecule has 1 saturated carbocycles. The van der Waals surface area contributed by atoms with E-state index in [1.54, 1.807) is 0 Å². The first kappa shape index (κ1) is 6.81. The highest BCUT2D eigenvalue weighted by Crippen LogP contribution is 2.34. The van der Waals surface area contributed by atoms with Gasteiger partial charge in [0.1, 0.15) is 0 Å². The van der Waals surface area contributed by atoms with Gasteiger partial charge in [-0.3, -0.25) is 0 Å². The van der Waals surface area contributed by atoms with Crippen LogP contribution in [0.5, 0.6) is 0 Å². The van der Waals surface area contributed by atoms with Crippen LogP contribution in [0.15, 0.2) is 12.7 Å². The molecule has 1 heteroatoms. The van der Waals surface area contributed by atoms with Crippen LogP contribution >= 0.6 is 0 Å². The van der Waals surface area contributed by atoms with E-state index in [9.17, 15) is 0 Å². The summed E-state index contributed by atoms with van der Waals surface area (Å²) in [5.41, 5.74) is 0.446. The van der Waals surface area contributed by atoms with Gasteiger partial charge in [-0.25, -0.2) is 0 Å². The van der Waals surface area contributed by atoms with E-state index >= 15 is 0 Å². The molecule has 0 aromatic carbocycles. The third-order valence-corrected chi connectivity index (χ3v) is 2.38. The minimum Gasteiger partial charge on any atom is -0.314 e. The third-order valence-electron chi connectivity index (χ3n) is 2.38. The Bertz CT molecular complexity index is 97.6. The zero-order valence-electron chi connectivity index (χ0n) is 6.11. The molecule has 0 aliphatic heterocycles. The third kappa shape index (κ3) is 1.16. The molecule has 1 nitrogen and oxygen atoms in total. The van der Waals surface area contributed by atoms with Gasteiger partial charge in [-0.1, -0.05) is 6.08 Å². The van der Waals surface area contributed by atoms with Crippen molar-refractivity contribution in [2.45, 2.75) is 31.2 Å². The smallest absolute Gasteiger partial charge is 0.0212 e. The van der Waals surface area contributed by atoms with Crippen molar-refractivity contribution in [3.63, 3.8) is 0 Å². The van der Waals surface area contributed by atoms with Crippen LogP contribution in [0.1, 0.15) is 25.7 Å². The minimum absolute atomic E-state index is 0.446. The van der Waals surface area contributed by atoms with Crippen molar-refractivity contribution in [2.75, 3.05) is 7.05 Å². The van der Waals surface area contributed by atoms with Crippen molar-refractivity contribution in [1.82, 2.24) is 5.32 Å². The molecule has 1 aliphatic carbocycles. The maximum atomic E-state index is 3.74. The SMILES string of the molecule is C=CCC1(NC)CCC1. The van der Waals surface area contributed by atoms with E-state index in [0.29, 0.717) is 5.54 Å². The van der Waals surface area contributed by atoms with Gasteiger partial charge in [0.25, 0.3) is 0 Å². The zero-order valence-corrected chi connectivity index (χ0v) is 6.11. The van der Waals surface area contributed by atoms with Gasteiger partial charge in [0.05, 0.1) is 0 Å². The van der Waals surface area contributed by atoms with Gasteiger partial charge < -0.3 is 5.32 Å². The van der Waals surface area contributed by atoms with Crippen molar-refractivity contribution in [2.24, 2.45) is 0 Å². The Morgan fingerprint density at radius 2 is 2.33 bits per heavy atom. The van der Waals surface area contributed by atoms with Crippen LogP contribution in [0.4, 0.5) is 0 Å². The monoisotopic (exact) mass is 125 g/mol.